The summed E-state index contributed by atoms with van der Waals surface area (Å²) < 4.78 is 19.9. The number of aromatic amines is 2. The number of rotatable bonds is 14. The van der Waals surface area contributed by atoms with Gasteiger partial charge in [0.15, 0.2) is 0 Å². The van der Waals surface area contributed by atoms with Gasteiger partial charge in [0.25, 0.3) is 0 Å². The summed E-state index contributed by atoms with van der Waals surface area (Å²) in [5.41, 5.74) is 7.57. The molecule has 2 aliphatic heterocycles. The van der Waals surface area contributed by atoms with Crippen LogP contribution in [0.3, 0.4) is 0 Å². The first-order chi connectivity index (χ1) is 30.2. The van der Waals surface area contributed by atoms with E-state index in [9.17, 15) is 19.2 Å². The van der Waals surface area contributed by atoms with Gasteiger partial charge in [0.05, 0.1) is 48.4 Å². The third-order valence-electron chi connectivity index (χ3n) is 12.0. The average Bonchev–Trinajstić information content (AvgIpc) is 4.13. The SMILES string of the molecule is COCCC(NC(=O)OC)C(=O)N1CCC[C@H]1c1nc2ccc(-c3ccc4cc(-c5ccc6nc([C@@H]7CCCN7C(=O)[C@H](CCOC)NC(=O)OC)[nH]c6c5)ccc4c3)cc2[nH]1. The number of nitrogens with zero attached hydrogens (tertiary/aromatic N) is 4. The summed E-state index contributed by atoms with van der Waals surface area (Å²) in [5, 5.41) is 7.53. The Hall–Kier alpha value is -6.52. The number of likely N-dealkylation sites (tertiary alicyclic amines) is 2. The number of alkyl carbamates (subject to hydrolysis) is 2. The second-order valence-electron chi connectivity index (χ2n) is 15.8. The van der Waals surface area contributed by atoms with E-state index in [0.717, 1.165) is 92.4 Å². The monoisotopic (exact) mass is 844 g/mol. The number of methoxy groups -OCH3 is 4. The van der Waals surface area contributed by atoms with Crippen molar-refractivity contribution in [2.45, 2.75) is 62.7 Å². The molecular weight excluding hydrogens is 793 g/mol. The number of nitrogens with one attached hydrogen (secondary N) is 4. The first kappa shape index (κ1) is 42.2. The highest BCUT2D eigenvalue weighted by atomic mass is 16.5. The minimum atomic E-state index is -0.768. The lowest BCUT2D eigenvalue weighted by molar-refractivity contribution is -0.135. The molecule has 2 aromatic heterocycles. The number of amides is 4. The van der Waals surface area contributed by atoms with Crippen molar-refractivity contribution < 1.29 is 38.1 Å². The first-order valence-electron chi connectivity index (χ1n) is 21.0. The number of hydrogen-bond acceptors (Lipinski definition) is 10. The van der Waals surface area contributed by atoms with E-state index in [1.54, 1.807) is 24.0 Å². The summed E-state index contributed by atoms with van der Waals surface area (Å²) in [6.07, 6.45) is 2.50. The summed E-state index contributed by atoms with van der Waals surface area (Å²) in [6.45, 7) is 1.76. The van der Waals surface area contributed by atoms with Crippen LogP contribution >= 0.6 is 0 Å². The Morgan fingerprint density at radius 1 is 0.613 bits per heavy atom. The molecule has 0 aliphatic carbocycles. The summed E-state index contributed by atoms with van der Waals surface area (Å²) in [6, 6.07) is 23.2. The van der Waals surface area contributed by atoms with Gasteiger partial charge >= 0.3 is 12.2 Å². The number of fused-ring (bicyclic) bond motifs is 3. The summed E-state index contributed by atoms with van der Waals surface area (Å²) in [7, 11) is 5.67. The van der Waals surface area contributed by atoms with Crippen molar-refractivity contribution in [2.75, 3.05) is 54.7 Å². The van der Waals surface area contributed by atoms with E-state index in [1.165, 1.54) is 14.2 Å². The fraction of sp³-hybridized carbons (Fsp3) is 0.391. The molecule has 0 saturated carbocycles. The molecule has 4 aromatic carbocycles. The molecule has 2 aliphatic rings. The molecule has 4 atom stereocenters. The third kappa shape index (κ3) is 8.79. The van der Waals surface area contributed by atoms with Gasteiger partial charge in [-0.2, -0.15) is 0 Å². The van der Waals surface area contributed by atoms with Crippen LogP contribution < -0.4 is 10.6 Å². The van der Waals surface area contributed by atoms with Crippen molar-refractivity contribution in [2.24, 2.45) is 0 Å². The Labute approximate surface area is 358 Å². The quantitative estimate of drug-likeness (QED) is 0.0909. The predicted octanol–water partition coefficient (Wildman–Crippen LogP) is 6.78. The standard InChI is InChI=1S/C46H52N8O8/c1-59-21-17-35(51-45(57)61-3)43(55)53-19-5-7-39(53)41-47-33-15-13-31(25-37(33)49-41)29-11-9-28-24-30(12-10-27(28)23-29)32-14-16-34-38(26-32)50-42(48-34)40-8-6-20-54(40)44(56)36(18-22-60-2)52-46(58)62-4/h9-16,23-26,35-36,39-40H,5-8,17-22H2,1-4H3,(H,47,49)(H,48,50)(H,51,57)(H,52,58)/t35-,36?,39-,40-/m0/s1. The lowest BCUT2D eigenvalue weighted by Crippen LogP contribution is -2.49. The van der Waals surface area contributed by atoms with E-state index in [2.05, 4.69) is 81.3 Å². The minimum Gasteiger partial charge on any atom is -0.453 e. The smallest absolute Gasteiger partial charge is 0.407 e. The maximum Gasteiger partial charge on any atom is 0.407 e. The van der Waals surface area contributed by atoms with Gasteiger partial charge in [0.2, 0.25) is 11.8 Å². The molecule has 0 bridgehead atoms. The average molecular weight is 845 g/mol. The van der Waals surface area contributed by atoms with Crippen LogP contribution in [0.25, 0.3) is 55.1 Å². The van der Waals surface area contributed by atoms with Crippen molar-refractivity contribution in [1.82, 2.24) is 40.4 Å². The largest absolute Gasteiger partial charge is 0.453 e. The van der Waals surface area contributed by atoms with Crippen LogP contribution in [-0.2, 0) is 28.5 Å². The van der Waals surface area contributed by atoms with Crippen LogP contribution in [0, 0.1) is 0 Å². The third-order valence-corrected chi connectivity index (χ3v) is 12.0. The highest BCUT2D eigenvalue weighted by Crippen LogP contribution is 2.36. The number of hydrogen-bond donors (Lipinski definition) is 4. The second kappa shape index (κ2) is 18.6. The van der Waals surface area contributed by atoms with Gasteiger partial charge in [-0.25, -0.2) is 19.6 Å². The number of imidazole rings is 2. The zero-order chi connectivity index (χ0) is 43.3. The van der Waals surface area contributed by atoms with Crippen molar-refractivity contribution in [3.63, 3.8) is 0 Å². The molecule has 4 amide bonds. The maximum absolute atomic E-state index is 13.7. The van der Waals surface area contributed by atoms with Crippen molar-refractivity contribution in [3.05, 3.63) is 84.4 Å². The molecule has 16 nitrogen and oxygen atoms in total. The molecule has 16 heteroatoms. The van der Waals surface area contributed by atoms with Crippen LogP contribution in [0.5, 0.6) is 0 Å². The molecule has 2 fully saturated rings. The summed E-state index contributed by atoms with van der Waals surface area (Å²) >= 11 is 0. The zero-order valence-corrected chi connectivity index (χ0v) is 35.4. The molecule has 324 valence electrons. The fourth-order valence-electron chi connectivity index (χ4n) is 8.76. The molecule has 4 N–H and O–H groups in total. The Bertz CT molecular complexity index is 2430. The van der Waals surface area contributed by atoms with Crippen LogP contribution in [0.1, 0.15) is 62.3 Å². The topological polar surface area (TPSA) is 193 Å². The molecule has 8 rings (SSSR count). The number of carbonyl (C=O) groups is 4. The lowest BCUT2D eigenvalue weighted by atomic mass is 9.97. The second-order valence-corrected chi connectivity index (χ2v) is 15.8. The van der Waals surface area contributed by atoms with Crippen molar-refractivity contribution >= 4 is 56.8 Å². The van der Waals surface area contributed by atoms with Gasteiger partial charge in [0, 0.05) is 53.4 Å². The number of H-pyrrole nitrogens is 2. The number of ether oxygens (including phenoxy) is 4. The van der Waals surface area contributed by atoms with E-state index in [0.29, 0.717) is 39.1 Å². The van der Waals surface area contributed by atoms with Crippen LogP contribution in [0.4, 0.5) is 9.59 Å². The number of benzene rings is 4. The lowest BCUT2D eigenvalue weighted by Gasteiger charge is -2.28. The Morgan fingerprint density at radius 3 is 1.42 bits per heavy atom. The predicted molar refractivity (Wildman–Crippen MR) is 233 cm³/mol. The zero-order valence-electron chi connectivity index (χ0n) is 35.4. The van der Waals surface area contributed by atoms with Crippen LogP contribution in [0.15, 0.2) is 72.8 Å². The van der Waals surface area contributed by atoms with E-state index in [4.69, 9.17) is 28.9 Å². The minimum absolute atomic E-state index is 0.187. The van der Waals surface area contributed by atoms with Crippen LogP contribution in [-0.4, -0.2) is 121 Å². The summed E-state index contributed by atoms with van der Waals surface area (Å²) in [5.74, 6) is 1.06. The van der Waals surface area contributed by atoms with Gasteiger partial charge in [-0.05, 0) is 95.1 Å². The fourth-order valence-corrected chi connectivity index (χ4v) is 8.76. The van der Waals surface area contributed by atoms with Gasteiger partial charge < -0.3 is 49.3 Å². The molecule has 0 spiro atoms. The Morgan fingerprint density at radius 2 is 1.02 bits per heavy atom. The highest BCUT2D eigenvalue weighted by molar-refractivity contribution is 5.93. The molecular formula is C46H52N8O8. The van der Waals surface area contributed by atoms with E-state index in [-0.39, 0.29) is 23.9 Å². The Kier molecular flexibility index (Phi) is 12.7. The van der Waals surface area contributed by atoms with Gasteiger partial charge in [-0.1, -0.05) is 36.4 Å². The summed E-state index contributed by atoms with van der Waals surface area (Å²) in [4.78, 5) is 71.8. The van der Waals surface area contributed by atoms with E-state index >= 15 is 0 Å². The molecule has 0 radical (unpaired) electrons. The van der Waals surface area contributed by atoms with Gasteiger partial charge in [-0.15, -0.1) is 0 Å². The molecule has 62 heavy (non-hydrogen) atoms. The van der Waals surface area contributed by atoms with Gasteiger partial charge in [-0.3, -0.25) is 9.59 Å². The van der Waals surface area contributed by atoms with E-state index in [1.807, 2.05) is 12.1 Å². The highest BCUT2D eigenvalue weighted by Gasteiger charge is 2.38. The van der Waals surface area contributed by atoms with E-state index < -0.39 is 24.3 Å². The van der Waals surface area contributed by atoms with Crippen molar-refractivity contribution in [3.8, 4) is 22.3 Å². The maximum atomic E-state index is 13.7. The molecule has 2 saturated heterocycles. The van der Waals surface area contributed by atoms with Gasteiger partial charge in [0.1, 0.15) is 23.7 Å². The Balaban J connectivity index is 0.982. The molecule has 6 aromatic rings. The normalized spacial score (nSPS) is 17.4. The molecule has 1 unspecified atom stereocenters. The van der Waals surface area contributed by atoms with Crippen molar-refractivity contribution in [1.29, 1.82) is 0 Å². The number of carbonyl (C=O) groups excluding carboxylic acids is 4. The molecule has 4 heterocycles. The first-order valence-corrected chi connectivity index (χ1v) is 21.0. The number of aromatic nitrogens is 4. The van der Waals surface area contributed by atoms with Crippen LogP contribution in [0.2, 0.25) is 0 Å².